The van der Waals surface area contributed by atoms with Crippen LogP contribution >= 0.6 is 23.6 Å². The third kappa shape index (κ3) is 5.36. The minimum absolute atomic E-state index is 0.0888. The van der Waals surface area contributed by atoms with Crippen LogP contribution in [0.15, 0.2) is 40.8 Å². The van der Waals surface area contributed by atoms with E-state index in [-0.39, 0.29) is 5.91 Å². The number of para-hydroxylation sites is 1. The van der Waals surface area contributed by atoms with Crippen molar-refractivity contribution in [2.75, 3.05) is 4.90 Å². The number of carbonyl (C=O) groups is 1. The minimum atomic E-state index is -0.0888. The molecule has 1 aromatic carbocycles. The largest absolute Gasteiger partial charge is 0.358 e. The van der Waals surface area contributed by atoms with Gasteiger partial charge in [0.1, 0.15) is 0 Å². The number of hydrogen-bond acceptors (Lipinski definition) is 5. The normalized spacial score (nSPS) is 19.4. The lowest BCUT2D eigenvalue weighted by Crippen LogP contribution is -2.44. The maximum Gasteiger partial charge on any atom is 0.230 e. The van der Waals surface area contributed by atoms with Crippen LogP contribution in [0.4, 0.5) is 10.8 Å². The molecule has 1 aromatic heterocycles. The second-order valence-electron chi connectivity index (χ2n) is 6.96. The molecule has 1 saturated carbocycles. The van der Waals surface area contributed by atoms with Gasteiger partial charge in [-0.2, -0.15) is 5.10 Å². The van der Waals surface area contributed by atoms with Crippen LogP contribution in [0, 0.1) is 5.92 Å². The van der Waals surface area contributed by atoms with Crippen LogP contribution in [0.3, 0.4) is 0 Å². The highest BCUT2D eigenvalue weighted by Crippen LogP contribution is 2.28. The molecule has 2 aromatic rings. The number of hydrogen-bond donors (Lipinski definition) is 2. The number of aromatic nitrogens is 1. The van der Waals surface area contributed by atoms with Crippen molar-refractivity contribution < 1.29 is 4.79 Å². The first kappa shape index (κ1) is 20.4. The van der Waals surface area contributed by atoms with Crippen molar-refractivity contribution >= 4 is 51.6 Å². The molecule has 0 saturated heterocycles. The van der Waals surface area contributed by atoms with Gasteiger partial charge >= 0.3 is 0 Å². The Hall–Kier alpha value is -2.32. The average Bonchev–Trinajstić information content (AvgIpc) is 3.12. The number of carbonyl (C=O) groups excluding carboxylic acids is 1. The van der Waals surface area contributed by atoms with Crippen LogP contribution in [0.2, 0.25) is 0 Å². The highest BCUT2D eigenvalue weighted by Gasteiger charge is 2.21. The highest BCUT2D eigenvalue weighted by molar-refractivity contribution is 7.80. The Balaban J connectivity index is 1.59. The summed E-state index contributed by atoms with van der Waals surface area (Å²) in [5.41, 5.74) is 4.33. The van der Waals surface area contributed by atoms with E-state index in [0.29, 0.717) is 27.9 Å². The number of thiazole rings is 1. The van der Waals surface area contributed by atoms with Crippen LogP contribution in [-0.4, -0.2) is 28.3 Å². The molecule has 1 aliphatic rings. The van der Waals surface area contributed by atoms with E-state index >= 15 is 0 Å². The van der Waals surface area contributed by atoms with Gasteiger partial charge in [-0.15, -0.1) is 11.3 Å². The summed E-state index contributed by atoms with van der Waals surface area (Å²) < 4.78 is 0. The summed E-state index contributed by atoms with van der Waals surface area (Å²) in [7, 11) is 0. The minimum Gasteiger partial charge on any atom is -0.358 e. The molecule has 0 unspecified atom stereocenters. The molecule has 28 heavy (non-hydrogen) atoms. The molecular formula is C20H25N5OS2. The van der Waals surface area contributed by atoms with Gasteiger partial charge in [-0.05, 0) is 43.1 Å². The Labute approximate surface area is 175 Å². The number of benzene rings is 1. The van der Waals surface area contributed by atoms with Crippen LogP contribution in [0.1, 0.15) is 45.2 Å². The molecular weight excluding hydrogens is 390 g/mol. The quantitative estimate of drug-likeness (QED) is 0.435. The summed E-state index contributed by atoms with van der Waals surface area (Å²) in [4.78, 5) is 18.2. The number of nitrogens with zero attached hydrogens (tertiary/aromatic N) is 3. The molecule has 1 fully saturated rings. The second kappa shape index (κ2) is 9.75. The first-order valence-electron chi connectivity index (χ1n) is 9.45. The van der Waals surface area contributed by atoms with Crippen molar-refractivity contribution in [3.8, 4) is 0 Å². The van der Waals surface area contributed by atoms with Crippen molar-refractivity contribution in [3.05, 3.63) is 41.4 Å². The number of anilines is 2. The zero-order valence-electron chi connectivity index (χ0n) is 16.1. The topological polar surface area (TPSA) is 69.6 Å². The first-order chi connectivity index (χ1) is 13.5. The van der Waals surface area contributed by atoms with Gasteiger partial charge in [-0.1, -0.05) is 38.0 Å². The fraction of sp³-hybridized carbons (Fsp3) is 0.400. The molecule has 0 aliphatic heterocycles. The molecule has 3 rings (SSSR count). The Morgan fingerprint density at radius 1 is 1.32 bits per heavy atom. The zero-order chi connectivity index (χ0) is 19.9. The van der Waals surface area contributed by atoms with Gasteiger partial charge in [0.05, 0.1) is 17.6 Å². The lowest BCUT2D eigenvalue weighted by Gasteiger charge is -2.30. The standard InChI is InChI=1S/C20H25N5OS2/c1-14-8-6-7-11-18(14)23-19(27)24-21-12-16-13-28-20(22-16)25(15(2)26)17-9-4-3-5-10-17/h3-5,9-10,12-14,18H,6-8,11H2,1-2H3,(H2,23,24,27)/b21-12-/t14-,18-/m0/s1. The molecule has 6 nitrogen and oxygen atoms in total. The number of hydrazone groups is 1. The SMILES string of the molecule is CC(=O)N(c1ccccc1)c1nc(/C=N\NC(=S)N[C@H]2CCCC[C@@H]2C)cs1. The fourth-order valence-corrected chi connectivity index (χ4v) is 4.37. The van der Waals surface area contributed by atoms with Crippen LogP contribution in [0.25, 0.3) is 0 Å². The molecule has 8 heteroatoms. The summed E-state index contributed by atoms with van der Waals surface area (Å²) in [5.74, 6) is 0.531. The maximum absolute atomic E-state index is 12.1. The van der Waals surface area contributed by atoms with Crippen molar-refractivity contribution in [2.45, 2.75) is 45.6 Å². The zero-order valence-corrected chi connectivity index (χ0v) is 17.7. The Morgan fingerprint density at radius 3 is 2.79 bits per heavy atom. The predicted octanol–water partition coefficient (Wildman–Crippen LogP) is 4.20. The summed E-state index contributed by atoms with van der Waals surface area (Å²) >= 11 is 6.74. The summed E-state index contributed by atoms with van der Waals surface area (Å²) in [6, 6.07) is 9.88. The van der Waals surface area contributed by atoms with Crippen molar-refractivity contribution in [2.24, 2.45) is 11.0 Å². The van der Waals surface area contributed by atoms with E-state index in [4.69, 9.17) is 12.2 Å². The molecule has 2 atom stereocenters. The highest BCUT2D eigenvalue weighted by atomic mass is 32.1. The molecule has 1 amide bonds. The van der Waals surface area contributed by atoms with E-state index < -0.39 is 0 Å². The molecule has 1 aliphatic carbocycles. The van der Waals surface area contributed by atoms with Crippen molar-refractivity contribution in [1.82, 2.24) is 15.7 Å². The number of amides is 1. The van der Waals surface area contributed by atoms with Gasteiger partial charge in [0.15, 0.2) is 10.2 Å². The third-order valence-electron chi connectivity index (χ3n) is 4.82. The van der Waals surface area contributed by atoms with Gasteiger partial charge in [0.25, 0.3) is 0 Å². The lowest BCUT2D eigenvalue weighted by molar-refractivity contribution is -0.115. The van der Waals surface area contributed by atoms with Gasteiger partial charge in [-0.3, -0.25) is 15.1 Å². The van der Waals surface area contributed by atoms with Gasteiger partial charge in [-0.25, -0.2) is 4.98 Å². The molecule has 0 bridgehead atoms. The van der Waals surface area contributed by atoms with Gasteiger partial charge in [0.2, 0.25) is 5.91 Å². The van der Waals surface area contributed by atoms with E-state index in [1.165, 1.54) is 37.5 Å². The van der Waals surface area contributed by atoms with Crippen molar-refractivity contribution in [3.63, 3.8) is 0 Å². The lowest BCUT2D eigenvalue weighted by atomic mass is 9.86. The fourth-order valence-electron chi connectivity index (χ4n) is 3.33. The summed E-state index contributed by atoms with van der Waals surface area (Å²) in [6.45, 7) is 3.78. The van der Waals surface area contributed by atoms with E-state index in [9.17, 15) is 4.79 Å². The first-order valence-corrected chi connectivity index (χ1v) is 10.7. The number of rotatable bonds is 5. The van der Waals surface area contributed by atoms with E-state index in [2.05, 4.69) is 27.8 Å². The van der Waals surface area contributed by atoms with E-state index in [0.717, 1.165) is 12.1 Å². The van der Waals surface area contributed by atoms with Crippen LogP contribution in [-0.2, 0) is 4.79 Å². The molecule has 148 valence electrons. The summed E-state index contributed by atoms with van der Waals surface area (Å²) in [5, 5.41) is 10.5. The van der Waals surface area contributed by atoms with E-state index in [1.807, 2.05) is 35.7 Å². The molecule has 0 spiro atoms. The van der Waals surface area contributed by atoms with Gasteiger partial charge < -0.3 is 5.32 Å². The third-order valence-corrected chi connectivity index (χ3v) is 5.87. The maximum atomic E-state index is 12.1. The summed E-state index contributed by atoms with van der Waals surface area (Å²) in [6.07, 6.45) is 6.52. The number of thiocarbonyl (C=S) groups is 1. The van der Waals surface area contributed by atoms with Gasteiger partial charge in [0, 0.05) is 18.3 Å². The van der Waals surface area contributed by atoms with Crippen molar-refractivity contribution in [1.29, 1.82) is 0 Å². The smallest absolute Gasteiger partial charge is 0.230 e. The Morgan fingerprint density at radius 2 is 2.07 bits per heavy atom. The monoisotopic (exact) mass is 415 g/mol. The second-order valence-corrected chi connectivity index (χ2v) is 8.20. The van der Waals surface area contributed by atoms with Crippen LogP contribution in [0.5, 0.6) is 0 Å². The molecule has 0 radical (unpaired) electrons. The Bertz CT molecular complexity index is 836. The molecule has 2 N–H and O–H groups in total. The predicted molar refractivity (Wildman–Crippen MR) is 119 cm³/mol. The Kier molecular flexibility index (Phi) is 7.11. The molecule has 1 heterocycles. The van der Waals surface area contributed by atoms with E-state index in [1.54, 1.807) is 11.1 Å². The van der Waals surface area contributed by atoms with Crippen LogP contribution < -0.4 is 15.6 Å². The average molecular weight is 416 g/mol. The number of nitrogens with one attached hydrogen (secondary N) is 2.